The monoisotopic (exact) mass is 318 g/mol. The molecule has 0 amide bonds. The number of hydrogen-bond acceptors (Lipinski definition) is 3. The molecule has 0 bridgehead atoms. The van der Waals surface area contributed by atoms with Crippen molar-refractivity contribution in [3.63, 3.8) is 0 Å². The Morgan fingerprint density at radius 2 is 2.00 bits per heavy atom. The van der Waals surface area contributed by atoms with E-state index in [-0.39, 0.29) is 16.5 Å². The highest BCUT2D eigenvalue weighted by Gasteiger charge is 2.34. The molecule has 114 valence electrons. The molecular formula is C14H14ClF3N2O. The lowest BCUT2D eigenvalue weighted by molar-refractivity contribution is -0.274. The predicted molar refractivity (Wildman–Crippen MR) is 74.1 cm³/mol. The Bertz CT molecular complexity index is 586. The van der Waals surface area contributed by atoms with Crippen LogP contribution in [0, 0.1) is 0 Å². The quantitative estimate of drug-likeness (QED) is 0.752. The molecule has 2 heterocycles. The van der Waals surface area contributed by atoms with Crippen molar-refractivity contribution in [1.29, 1.82) is 0 Å². The zero-order chi connectivity index (χ0) is 15.0. The van der Waals surface area contributed by atoms with Gasteiger partial charge in [-0.2, -0.15) is 0 Å². The molecule has 7 heteroatoms. The fourth-order valence-electron chi connectivity index (χ4n) is 2.76. The molecule has 0 aliphatic carbocycles. The summed E-state index contributed by atoms with van der Waals surface area (Å²) in [6, 6.07) is 2.83. The molecule has 0 spiro atoms. The van der Waals surface area contributed by atoms with Crippen LogP contribution in [0.15, 0.2) is 17.1 Å². The Balaban J connectivity index is 2.02. The van der Waals surface area contributed by atoms with Crippen LogP contribution in [0.2, 0.25) is 5.02 Å². The van der Waals surface area contributed by atoms with E-state index >= 15 is 0 Å². The fourth-order valence-corrected chi connectivity index (χ4v) is 2.99. The van der Waals surface area contributed by atoms with Crippen molar-refractivity contribution in [3.05, 3.63) is 22.7 Å². The second-order valence-corrected chi connectivity index (χ2v) is 5.66. The predicted octanol–water partition coefficient (Wildman–Crippen LogP) is 4.66. The van der Waals surface area contributed by atoms with E-state index in [1.165, 1.54) is 6.07 Å². The van der Waals surface area contributed by atoms with Gasteiger partial charge in [0.15, 0.2) is 5.75 Å². The van der Waals surface area contributed by atoms with E-state index < -0.39 is 6.36 Å². The Morgan fingerprint density at radius 3 is 2.76 bits per heavy atom. The molecule has 1 saturated heterocycles. The topological polar surface area (TPSA) is 24.8 Å². The van der Waals surface area contributed by atoms with Gasteiger partial charge >= 0.3 is 6.36 Å². The first-order valence-electron chi connectivity index (χ1n) is 6.83. The van der Waals surface area contributed by atoms with E-state index in [1.807, 2.05) is 0 Å². The van der Waals surface area contributed by atoms with Gasteiger partial charge in [0, 0.05) is 36.2 Å². The summed E-state index contributed by atoms with van der Waals surface area (Å²) >= 11 is 5.90. The van der Waals surface area contributed by atoms with Gasteiger partial charge in [0.05, 0.1) is 0 Å². The maximum atomic E-state index is 12.5. The van der Waals surface area contributed by atoms with E-state index in [2.05, 4.69) is 14.6 Å². The normalized spacial score (nSPS) is 18.5. The molecule has 21 heavy (non-hydrogen) atoms. The molecule has 0 N–H and O–H groups in total. The second-order valence-electron chi connectivity index (χ2n) is 5.22. The van der Waals surface area contributed by atoms with Crippen LogP contribution >= 0.6 is 11.6 Å². The van der Waals surface area contributed by atoms with E-state index in [4.69, 9.17) is 11.6 Å². The summed E-state index contributed by atoms with van der Waals surface area (Å²) in [5.41, 5.74) is 0.928. The van der Waals surface area contributed by atoms with Gasteiger partial charge < -0.3 is 9.64 Å². The lowest BCUT2D eigenvalue weighted by Gasteiger charge is -2.30. The van der Waals surface area contributed by atoms with Gasteiger partial charge in [0.25, 0.3) is 0 Å². The van der Waals surface area contributed by atoms with E-state index in [9.17, 15) is 13.2 Å². The zero-order valence-corrected chi connectivity index (χ0v) is 12.0. The fraction of sp³-hybridized carbons (Fsp3) is 0.500. The molecule has 3 nitrogen and oxygen atoms in total. The molecule has 0 atom stereocenters. The largest absolute Gasteiger partial charge is 0.573 e. The third-order valence-corrected chi connectivity index (χ3v) is 3.86. The molecule has 1 aromatic rings. The van der Waals surface area contributed by atoms with Crippen molar-refractivity contribution in [2.45, 2.75) is 38.6 Å². The van der Waals surface area contributed by atoms with E-state index in [0.29, 0.717) is 12.1 Å². The van der Waals surface area contributed by atoms with Gasteiger partial charge in [0.1, 0.15) is 11.5 Å². The van der Waals surface area contributed by atoms with Crippen LogP contribution in [0.3, 0.4) is 0 Å². The molecule has 1 aromatic carbocycles. The first kappa shape index (κ1) is 14.5. The number of halogens is 4. The van der Waals surface area contributed by atoms with Crippen LogP contribution in [0.1, 0.15) is 31.2 Å². The van der Waals surface area contributed by atoms with Crippen LogP contribution < -0.4 is 4.74 Å². The van der Waals surface area contributed by atoms with Crippen molar-refractivity contribution >= 4 is 23.1 Å². The highest BCUT2D eigenvalue weighted by atomic mass is 35.5. The van der Waals surface area contributed by atoms with Crippen molar-refractivity contribution in [3.8, 4) is 5.75 Å². The Kier molecular flexibility index (Phi) is 3.73. The van der Waals surface area contributed by atoms with Gasteiger partial charge in [-0.15, -0.1) is 13.2 Å². The number of nitrogens with zero attached hydrogens (tertiary/aromatic N) is 2. The average molecular weight is 319 g/mol. The van der Waals surface area contributed by atoms with Crippen molar-refractivity contribution in [1.82, 2.24) is 4.90 Å². The van der Waals surface area contributed by atoms with Crippen LogP contribution in [0.4, 0.5) is 18.9 Å². The molecular weight excluding hydrogens is 305 g/mol. The van der Waals surface area contributed by atoms with E-state index in [0.717, 1.165) is 38.1 Å². The van der Waals surface area contributed by atoms with Crippen molar-refractivity contribution in [2.24, 2.45) is 4.99 Å². The number of benzene rings is 1. The van der Waals surface area contributed by atoms with Crippen molar-refractivity contribution < 1.29 is 17.9 Å². The molecule has 0 unspecified atom stereocenters. The Morgan fingerprint density at radius 1 is 1.19 bits per heavy atom. The van der Waals surface area contributed by atoms with Crippen molar-refractivity contribution in [2.75, 3.05) is 6.54 Å². The lowest BCUT2D eigenvalue weighted by Crippen LogP contribution is -2.32. The van der Waals surface area contributed by atoms with Gasteiger partial charge in [-0.25, -0.2) is 4.99 Å². The summed E-state index contributed by atoms with van der Waals surface area (Å²) in [5, 5.41) is 0.224. The Hall–Kier alpha value is -1.43. The molecule has 0 saturated carbocycles. The summed E-state index contributed by atoms with van der Waals surface area (Å²) in [6.45, 7) is 1.41. The summed E-state index contributed by atoms with van der Waals surface area (Å²) in [5.74, 6) is 0.524. The zero-order valence-electron chi connectivity index (χ0n) is 11.2. The molecule has 2 aliphatic heterocycles. The first-order valence-corrected chi connectivity index (χ1v) is 7.21. The number of ether oxygens (including phenoxy) is 1. The summed E-state index contributed by atoms with van der Waals surface area (Å²) in [7, 11) is 0. The maximum absolute atomic E-state index is 12.5. The highest BCUT2D eigenvalue weighted by molar-refractivity contribution is 6.31. The van der Waals surface area contributed by atoms with Crippen LogP contribution in [-0.4, -0.2) is 23.6 Å². The molecule has 0 aromatic heterocycles. The van der Waals surface area contributed by atoms with Gasteiger partial charge in [0.2, 0.25) is 0 Å². The number of fused-ring (bicyclic) bond motifs is 2. The van der Waals surface area contributed by atoms with E-state index in [1.54, 1.807) is 6.07 Å². The minimum Gasteiger partial charge on any atom is -0.403 e. The third-order valence-electron chi connectivity index (χ3n) is 3.64. The number of hydrogen-bond donors (Lipinski definition) is 0. The summed E-state index contributed by atoms with van der Waals surface area (Å²) in [6.07, 6.45) is -0.778. The SMILES string of the molecule is FC(F)(F)Oc1cc(Cl)cc2c1N=C1CCCCCN1C2. The third kappa shape index (κ3) is 3.26. The van der Waals surface area contributed by atoms with Gasteiger partial charge in [-0.05, 0) is 18.9 Å². The van der Waals surface area contributed by atoms with Crippen LogP contribution in [0.25, 0.3) is 0 Å². The number of aliphatic imine (C=N–C) groups is 1. The molecule has 0 radical (unpaired) electrons. The summed E-state index contributed by atoms with van der Waals surface area (Å²) < 4.78 is 41.6. The average Bonchev–Trinajstić information content (AvgIpc) is 2.59. The summed E-state index contributed by atoms with van der Waals surface area (Å²) in [4.78, 5) is 6.53. The minimum atomic E-state index is -4.75. The number of rotatable bonds is 1. The number of alkyl halides is 3. The van der Waals surface area contributed by atoms with Gasteiger partial charge in [-0.3, -0.25) is 0 Å². The minimum absolute atomic E-state index is 0.224. The molecule has 3 rings (SSSR count). The van der Waals surface area contributed by atoms with Crippen LogP contribution in [-0.2, 0) is 6.54 Å². The Labute approximate surface area is 125 Å². The van der Waals surface area contributed by atoms with Gasteiger partial charge in [-0.1, -0.05) is 18.0 Å². The highest BCUT2D eigenvalue weighted by Crippen LogP contribution is 2.41. The second kappa shape index (κ2) is 5.40. The maximum Gasteiger partial charge on any atom is 0.573 e. The lowest BCUT2D eigenvalue weighted by atomic mass is 10.1. The standard InChI is InChI=1S/C14H14ClF3N2O/c15-10-6-9-8-20-5-3-1-2-4-12(20)19-13(9)11(7-10)21-14(16,17)18/h6-7H,1-5,8H2. The molecule has 2 aliphatic rings. The first-order chi connectivity index (χ1) is 9.92. The molecule has 1 fully saturated rings. The van der Waals surface area contributed by atoms with Crippen LogP contribution in [0.5, 0.6) is 5.75 Å². The smallest absolute Gasteiger partial charge is 0.403 e. The number of amidine groups is 1.